The highest BCUT2D eigenvalue weighted by atomic mass is 15.2. The predicted octanol–water partition coefficient (Wildman–Crippen LogP) is 4.17. The van der Waals surface area contributed by atoms with Gasteiger partial charge in [-0.15, -0.1) is 0 Å². The van der Waals surface area contributed by atoms with Gasteiger partial charge in [0.2, 0.25) is 0 Å². The Balaban J connectivity index is 1.43. The molecule has 0 bridgehead atoms. The number of hydrogen-bond acceptors (Lipinski definition) is 3. The Morgan fingerprint density at radius 2 is 1.73 bits per heavy atom. The van der Waals surface area contributed by atoms with Crippen molar-refractivity contribution in [2.45, 2.75) is 38.6 Å². The summed E-state index contributed by atoms with van der Waals surface area (Å²) in [6.45, 7) is 9.52. The van der Waals surface area contributed by atoms with Crippen LogP contribution in [0.15, 0.2) is 54.9 Å². The van der Waals surface area contributed by atoms with Crippen molar-refractivity contribution >= 4 is 0 Å². The van der Waals surface area contributed by atoms with Gasteiger partial charge in [-0.3, -0.25) is 9.88 Å². The van der Waals surface area contributed by atoms with Crippen molar-refractivity contribution in [3.63, 3.8) is 0 Å². The molecule has 0 N–H and O–H groups in total. The summed E-state index contributed by atoms with van der Waals surface area (Å²) >= 11 is 0. The van der Waals surface area contributed by atoms with Crippen molar-refractivity contribution in [3.05, 3.63) is 66.0 Å². The molecule has 138 valence electrons. The first kappa shape index (κ1) is 17.7. The molecule has 3 nitrogen and oxygen atoms in total. The lowest BCUT2D eigenvalue weighted by molar-refractivity contribution is 0.0138. The van der Waals surface area contributed by atoms with Crippen molar-refractivity contribution in [2.24, 2.45) is 5.41 Å². The third-order valence-corrected chi connectivity index (χ3v) is 6.51. The maximum Gasteiger partial charge on any atom is 0.0271 e. The van der Waals surface area contributed by atoms with Crippen LogP contribution in [0.5, 0.6) is 0 Å². The van der Waals surface area contributed by atoms with Crippen LogP contribution in [0.3, 0.4) is 0 Å². The second-order valence-electron chi connectivity index (χ2n) is 8.27. The van der Waals surface area contributed by atoms with Crippen LogP contribution in [0.4, 0.5) is 0 Å². The number of benzene rings is 1. The molecule has 1 aromatic heterocycles. The monoisotopic (exact) mass is 349 g/mol. The SMILES string of the molecule is CCN1C[C@@H](c2ccccc2)CC2(CCN(Cc3ccncc3)CC2)C1. The van der Waals surface area contributed by atoms with Crippen molar-refractivity contribution in [1.82, 2.24) is 14.8 Å². The molecule has 26 heavy (non-hydrogen) atoms. The molecular formula is C23H31N3. The van der Waals surface area contributed by atoms with Crippen LogP contribution in [0.25, 0.3) is 0 Å². The van der Waals surface area contributed by atoms with Crippen molar-refractivity contribution in [1.29, 1.82) is 0 Å². The van der Waals surface area contributed by atoms with Gasteiger partial charge in [-0.05, 0) is 73.5 Å². The number of hydrogen-bond donors (Lipinski definition) is 0. The zero-order valence-corrected chi connectivity index (χ0v) is 16.0. The molecule has 0 saturated carbocycles. The first-order valence-corrected chi connectivity index (χ1v) is 10.1. The van der Waals surface area contributed by atoms with Gasteiger partial charge in [0.25, 0.3) is 0 Å². The Bertz CT molecular complexity index is 677. The zero-order chi connectivity index (χ0) is 17.8. The molecule has 2 aliphatic rings. The maximum atomic E-state index is 4.14. The smallest absolute Gasteiger partial charge is 0.0271 e. The highest BCUT2D eigenvalue weighted by molar-refractivity contribution is 5.21. The third-order valence-electron chi connectivity index (χ3n) is 6.51. The summed E-state index contributed by atoms with van der Waals surface area (Å²) in [6, 6.07) is 15.5. The molecule has 2 saturated heterocycles. The minimum atomic E-state index is 0.503. The van der Waals surface area contributed by atoms with Gasteiger partial charge in [0.1, 0.15) is 0 Å². The minimum Gasteiger partial charge on any atom is -0.302 e. The van der Waals surface area contributed by atoms with Gasteiger partial charge in [-0.1, -0.05) is 37.3 Å². The van der Waals surface area contributed by atoms with E-state index in [-0.39, 0.29) is 0 Å². The van der Waals surface area contributed by atoms with Crippen LogP contribution in [-0.4, -0.2) is 47.5 Å². The zero-order valence-electron chi connectivity index (χ0n) is 16.0. The van der Waals surface area contributed by atoms with E-state index in [9.17, 15) is 0 Å². The van der Waals surface area contributed by atoms with Gasteiger partial charge < -0.3 is 4.90 Å². The summed E-state index contributed by atoms with van der Waals surface area (Å²) in [5, 5.41) is 0. The fourth-order valence-electron chi connectivity index (χ4n) is 4.99. The van der Waals surface area contributed by atoms with Gasteiger partial charge in [-0.2, -0.15) is 0 Å². The van der Waals surface area contributed by atoms with E-state index >= 15 is 0 Å². The van der Waals surface area contributed by atoms with E-state index in [2.05, 4.69) is 64.2 Å². The number of likely N-dealkylation sites (N-methyl/N-ethyl adjacent to an activating group) is 1. The first-order valence-electron chi connectivity index (χ1n) is 10.1. The van der Waals surface area contributed by atoms with E-state index in [0.717, 1.165) is 6.54 Å². The lowest BCUT2D eigenvalue weighted by atomic mass is 9.68. The Labute approximate surface area is 158 Å². The van der Waals surface area contributed by atoms with E-state index in [1.165, 1.54) is 63.1 Å². The molecule has 3 heterocycles. The molecule has 0 amide bonds. The predicted molar refractivity (Wildman–Crippen MR) is 107 cm³/mol. The maximum absolute atomic E-state index is 4.14. The van der Waals surface area contributed by atoms with Gasteiger partial charge >= 0.3 is 0 Å². The minimum absolute atomic E-state index is 0.503. The van der Waals surface area contributed by atoms with Crippen molar-refractivity contribution in [3.8, 4) is 0 Å². The van der Waals surface area contributed by atoms with E-state index in [1.54, 1.807) is 0 Å². The Kier molecular flexibility index (Phi) is 5.37. The fourth-order valence-corrected chi connectivity index (χ4v) is 4.99. The van der Waals surface area contributed by atoms with E-state index in [4.69, 9.17) is 0 Å². The number of nitrogens with zero attached hydrogens (tertiary/aromatic N) is 3. The fraction of sp³-hybridized carbons (Fsp3) is 0.522. The Morgan fingerprint density at radius 3 is 2.42 bits per heavy atom. The second-order valence-corrected chi connectivity index (χ2v) is 8.27. The van der Waals surface area contributed by atoms with Crippen LogP contribution >= 0.6 is 0 Å². The molecule has 1 aromatic carbocycles. The molecule has 1 atom stereocenters. The summed E-state index contributed by atoms with van der Waals surface area (Å²) in [4.78, 5) is 9.46. The van der Waals surface area contributed by atoms with Crippen molar-refractivity contribution in [2.75, 3.05) is 32.7 Å². The molecule has 0 radical (unpaired) electrons. The number of aromatic nitrogens is 1. The lowest BCUT2D eigenvalue weighted by Gasteiger charge is -2.50. The lowest BCUT2D eigenvalue weighted by Crippen LogP contribution is -2.51. The number of rotatable bonds is 4. The molecule has 0 aliphatic carbocycles. The van der Waals surface area contributed by atoms with Crippen LogP contribution in [0.1, 0.15) is 43.2 Å². The summed E-state index contributed by atoms with van der Waals surface area (Å²) in [5.74, 6) is 0.691. The molecule has 1 spiro atoms. The van der Waals surface area contributed by atoms with E-state index in [1.807, 2.05) is 12.4 Å². The topological polar surface area (TPSA) is 19.4 Å². The van der Waals surface area contributed by atoms with Gasteiger partial charge in [0.15, 0.2) is 0 Å². The standard InChI is InChI=1S/C23H31N3/c1-2-25-18-22(21-6-4-3-5-7-21)16-23(19-25)10-14-26(15-11-23)17-20-8-12-24-13-9-20/h3-9,12-13,22H,2,10-11,14-19H2,1H3/t22-/m0/s1. The highest BCUT2D eigenvalue weighted by Gasteiger charge is 2.41. The quantitative estimate of drug-likeness (QED) is 0.826. The number of piperidine rings is 2. The van der Waals surface area contributed by atoms with Gasteiger partial charge in [0.05, 0.1) is 0 Å². The molecule has 0 unspecified atom stereocenters. The average Bonchev–Trinajstić information content (AvgIpc) is 2.71. The molecule has 2 aromatic rings. The van der Waals surface area contributed by atoms with Crippen LogP contribution in [0, 0.1) is 5.41 Å². The number of likely N-dealkylation sites (tertiary alicyclic amines) is 2. The summed E-state index contributed by atoms with van der Waals surface area (Å²) < 4.78 is 0. The molecule has 2 aliphatic heterocycles. The van der Waals surface area contributed by atoms with Crippen LogP contribution < -0.4 is 0 Å². The van der Waals surface area contributed by atoms with Gasteiger partial charge in [-0.25, -0.2) is 0 Å². The Morgan fingerprint density at radius 1 is 1.00 bits per heavy atom. The Hall–Kier alpha value is -1.71. The van der Waals surface area contributed by atoms with Crippen LogP contribution in [0.2, 0.25) is 0 Å². The summed E-state index contributed by atoms with van der Waals surface area (Å²) in [6.07, 6.45) is 7.84. The second kappa shape index (κ2) is 7.89. The molecular weight excluding hydrogens is 318 g/mol. The summed E-state index contributed by atoms with van der Waals surface area (Å²) in [7, 11) is 0. The normalized spacial score (nSPS) is 24.0. The third kappa shape index (κ3) is 3.99. The molecule has 2 fully saturated rings. The van der Waals surface area contributed by atoms with Gasteiger partial charge in [0, 0.05) is 32.0 Å². The summed E-state index contributed by atoms with van der Waals surface area (Å²) in [5.41, 5.74) is 3.42. The molecule has 4 rings (SSSR count). The van der Waals surface area contributed by atoms with Crippen LogP contribution in [-0.2, 0) is 6.54 Å². The largest absolute Gasteiger partial charge is 0.302 e. The average molecular weight is 350 g/mol. The van der Waals surface area contributed by atoms with E-state index < -0.39 is 0 Å². The molecule has 3 heteroatoms. The first-order chi connectivity index (χ1) is 12.8. The van der Waals surface area contributed by atoms with E-state index in [0.29, 0.717) is 11.3 Å². The van der Waals surface area contributed by atoms with Crippen molar-refractivity contribution < 1.29 is 0 Å². The highest BCUT2D eigenvalue weighted by Crippen LogP contribution is 2.45. The number of pyridine rings is 1.